The normalized spacial score (nSPS) is 14.2. The largest absolute Gasteiger partial charge is 0.481 e. The number of hydrogen-bond acceptors (Lipinski definition) is 4. The number of benzene rings is 1. The van der Waals surface area contributed by atoms with Gasteiger partial charge in [0.05, 0.1) is 22.5 Å². The minimum Gasteiger partial charge on any atom is -0.481 e. The molecule has 0 bridgehead atoms. The highest BCUT2D eigenvalue weighted by molar-refractivity contribution is 6.33. The molecule has 1 rings (SSSR count). The van der Waals surface area contributed by atoms with Crippen molar-refractivity contribution in [2.24, 2.45) is 11.8 Å². The van der Waals surface area contributed by atoms with Crippen LogP contribution in [0.25, 0.3) is 0 Å². The van der Waals surface area contributed by atoms with Gasteiger partial charge in [0.25, 0.3) is 0 Å². The molecule has 0 fully saturated rings. The van der Waals surface area contributed by atoms with Crippen LogP contribution in [-0.4, -0.2) is 41.9 Å². The number of alkyl carbamates (subject to hydrolysis) is 1. The lowest BCUT2D eigenvalue weighted by Crippen LogP contribution is -2.52. The quantitative estimate of drug-likeness (QED) is 0.493. The number of hydrogen-bond donors (Lipinski definition) is 3. The molecule has 0 saturated heterocycles. The zero-order valence-corrected chi connectivity index (χ0v) is 17.0. The smallest absolute Gasteiger partial charge is 0.408 e. The van der Waals surface area contributed by atoms with E-state index in [1.165, 1.54) is 31.2 Å². The number of carboxylic acids is 1. The fraction of sp³-hybridized carbons (Fsp3) is 0.421. The number of alkyl halides is 3. The van der Waals surface area contributed by atoms with Crippen LogP contribution in [0.5, 0.6) is 0 Å². The Labute approximate surface area is 176 Å². The number of amides is 2. The molecule has 11 heteroatoms. The van der Waals surface area contributed by atoms with Gasteiger partial charge in [-0.3, -0.25) is 9.59 Å². The number of aliphatic carboxylic acids is 1. The predicted molar refractivity (Wildman–Crippen MR) is 104 cm³/mol. The first kappa shape index (κ1) is 25.3. The lowest BCUT2D eigenvalue weighted by atomic mass is 9.99. The van der Waals surface area contributed by atoms with Gasteiger partial charge in [0, 0.05) is 0 Å². The van der Waals surface area contributed by atoms with Crippen LogP contribution in [0.2, 0.25) is 5.02 Å². The van der Waals surface area contributed by atoms with Gasteiger partial charge in [-0.15, -0.1) is 0 Å². The van der Waals surface area contributed by atoms with Crippen molar-refractivity contribution < 1.29 is 37.4 Å². The number of anilines is 1. The Morgan fingerprint density at radius 3 is 2.47 bits per heavy atom. The molecular formula is C19H22ClF3N2O5. The predicted octanol–water partition coefficient (Wildman–Crippen LogP) is 4.02. The molecule has 3 atom stereocenters. The van der Waals surface area contributed by atoms with Gasteiger partial charge in [0.15, 0.2) is 0 Å². The Kier molecular flexibility index (Phi) is 9.16. The molecule has 0 aromatic heterocycles. The molecule has 0 heterocycles. The summed E-state index contributed by atoms with van der Waals surface area (Å²) in [6, 6.07) is 2.29. The van der Waals surface area contributed by atoms with Gasteiger partial charge >= 0.3 is 18.2 Å². The minimum absolute atomic E-state index is 0.0163. The maximum Gasteiger partial charge on any atom is 0.408 e. The second-order valence-corrected chi connectivity index (χ2v) is 6.99. The zero-order valence-electron chi connectivity index (χ0n) is 16.3. The van der Waals surface area contributed by atoms with Gasteiger partial charge in [-0.1, -0.05) is 44.2 Å². The van der Waals surface area contributed by atoms with Crippen molar-refractivity contribution in [1.29, 1.82) is 0 Å². The third-order valence-corrected chi connectivity index (χ3v) is 4.49. The maximum absolute atomic E-state index is 13.2. The van der Waals surface area contributed by atoms with Crippen LogP contribution in [0.3, 0.4) is 0 Å². The lowest BCUT2D eigenvalue weighted by molar-refractivity contribution is -0.178. The molecule has 7 nitrogen and oxygen atoms in total. The first-order valence-corrected chi connectivity index (χ1v) is 9.17. The van der Waals surface area contributed by atoms with Crippen LogP contribution in [-0.2, 0) is 20.7 Å². The van der Waals surface area contributed by atoms with E-state index in [4.69, 9.17) is 16.7 Å². The van der Waals surface area contributed by atoms with E-state index in [9.17, 15) is 27.6 Å². The van der Waals surface area contributed by atoms with Crippen LogP contribution >= 0.6 is 11.6 Å². The van der Waals surface area contributed by atoms with Crippen LogP contribution in [0.15, 0.2) is 30.9 Å². The first-order chi connectivity index (χ1) is 13.9. The van der Waals surface area contributed by atoms with Crippen molar-refractivity contribution in [2.45, 2.75) is 32.5 Å². The molecule has 0 aliphatic rings. The third kappa shape index (κ3) is 7.58. The molecule has 0 saturated carbocycles. The Morgan fingerprint density at radius 1 is 1.30 bits per heavy atom. The number of rotatable bonds is 9. The van der Waals surface area contributed by atoms with Gasteiger partial charge in [-0.2, -0.15) is 13.2 Å². The van der Waals surface area contributed by atoms with Crippen molar-refractivity contribution in [3.63, 3.8) is 0 Å². The molecule has 1 aromatic carbocycles. The minimum atomic E-state index is -4.78. The number of carboxylic acid groups (broad SMARTS) is 1. The average Bonchev–Trinajstić information content (AvgIpc) is 2.65. The van der Waals surface area contributed by atoms with Crippen molar-refractivity contribution in [3.8, 4) is 0 Å². The second kappa shape index (κ2) is 10.9. The van der Waals surface area contributed by atoms with E-state index >= 15 is 0 Å². The highest BCUT2D eigenvalue weighted by Gasteiger charge is 2.45. The fourth-order valence-electron chi connectivity index (χ4n) is 2.36. The molecule has 30 heavy (non-hydrogen) atoms. The Hall–Kier alpha value is -2.75. The van der Waals surface area contributed by atoms with Crippen molar-refractivity contribution in [3.05, 3.63) is 41.4 Å². The van der Waals surface area contributed by atoms with E-state index in [0.29, 0.717) is 5.56 Å². The number of carbonyl (C=O) groups is 3. The number of halogens is 4. The molecule has 166 valence electrons. The van der Waals surface area contributed by atoms with E-state index < -0.39 is 42.0 Å². The zero-order chi connectivity index (χ0) is 23.1. The molecule has 0 aliphatic carbocycles. The maximum atomic E-state index is 13.2. The van der Waals surface area contributed by atoms with Crippen molar-refractivity contribution in [1.82, 2.24) is 5.32 Å². The topological polar surface area (TPSA) is 105 Å². The first-order valence-electron chi connectivity index (χ1n) is 8.79. The molecular weight excluding hydrogens is 429 g/mol. The van der Waals surface area contributed by atoms with Gasteiger partial charge in [0.2, 0.25) is 5.91 Å². The number of ether oxygens (including phenoxy) is 1. The fourth-order valence-corrected chi connectivity index (χ4v) is 2.52. The molecule has 0 aliphatic heterocycles. The van der Waals surface area contributed by atoms with Gasteiger partial charge in [-0.25, -0.2) is 4.79 Å². The van der Waals surface area contributed by atoms with Crippen LogP contribution < -0.4 is 10.6 Å². The third-order valence-electron chi connectivity index (χ3n) is 4.16. The van der Waals surface area contributed by atoms with Crippen LogP contribution in [0.4, 0.5) is 23.7 Å². The van der Waals surface area contributed by atoms with E-state index in [2.05, 4.69) is 16.6 Å². The SMILES string of the molecule is C=CCOC(=O)NC(C(=O)Nc1cc(C[C@H](C)C(=O)O)ccc1Cl)C(C)C(F)(F)F. The monoisotopic (exact) mass is 450 g/mol. The Bertz CT molecular complexity index is 801. The Balaban J connectivity index is 3.08. The highest BCUT2D eigenvalue weighted by Crippen LogP contribution is 2.30. The second-order valence-electron chi connectivity index (χ2n) is 6.59. The summed E-state index contributed by atoms with van der Waals surface area (Å²) in [6.45, 7) is 5.28. The van der Waals surface area contributed by atoms with Gasteiger partial charge in [0.1, 0.15) is 12.6 Å². The van der Waals surface area contributed by atoms with E-state index in [1.807, 2.05) is 5.32 Å². The summed E-state index contributed by atoms with van der Waals surface area (Å²) in [5.41, 5.74) is 0.487. The molecule has 0 spiro atoms. The van der Waals surface area contributed by atoms with Crippen LogP contribution in [0, 0.1) is 11.8 Å². The standard InChI is InChI=1S/C19H22ClF3N2O5/c1-4-7-30-18(29)25-15(11(3)19(21,22)23)16(26)24-14-9-12(5-6-13(14)20)8-10(2)17(27)28/h4-6,9-11,15H,1,7-8H2,2-3H3,(H,24,26)(H,25,29)(H,27,28)/t10-,11?,15?/m0/s1. The van der Waals surface area contributed by atoms with E-state index in [0.717, 1.165) is 6.92 Å². The summed E-state index contributed by atoms with van der Waals surface area (Å²) >= 11 is 6.01. The molecule has 1 aromatic rings. The van der Waals surface area contributed by atoms with Crippen LogP contribution in [0.1, 0.15) is 19.4 Å². The highest BCUT2D eigenvalue weighted by atomic mass is 35.5. The average molecular weight is 451 g/mol. The van der Waals surface area contributed by atoms with Gasteiger partial charge < -0.3 is 20.5 Å². The summed E-state index contributed by atoms with van der Waals surface area (Å²) in [7, 11) is 0. The van der Waals surface area contributed by atoms with E-state index in [1.54, 1.807) is 0 Å². The molecule has 0 radical (unpaired) electrons. The number of nitrogens with one attached hydrogen (secondary N) is 2. The lowest BCUT2D eigenvalue weighted by Gasteiger charge is -2.26. The summed E-state index contributed by atoms with van der Waals surface area (Å²) in [6.07, 6.45) is -4.67. The molecule has 2 unspecified atom stereocenters. The summed E-state index contributed by atoms with van der Waals surface area (Å²) in [5.74, 6) is -5.16. The summed E-state index contributed by atoms with van der Waals surface area (Å²) in [5, 5.41) is 13.2. The summed E-state index contributed by atoms with van der Waals surface area (Å²) in [4.78, 5) is 35.3. The molecule has 3 N–H and O–H groups in total. The molecule has 2 amide bonds. The van der Waals surface area contributed by atoms with E-state index in [-0.39, 0.29) is 23.7 Å². The number of carbonyl (C=O) groups excluding carboxylic acids is 2. The Morgan fingerprint density at radius 2 is 1.93 bits per heavy atom. The van der Waals surface area contributed by atoms with Crippen molar-refractivity contribution in [2.75, 3.05) is 11.9 Å². The van der Waals surface area contributed by atoms with Gasteiger partial charge in [-0.05, 0) is 24.1 Å². The summed E-state index contributed by atoms with van der Waals surface area (Å²) < 4.78 is 44.2. The van der Waals surface area contributed by atoms with Crippen molar-refractivity contribution >= 4 is 35.3 Å².